The molecule has 28 heavy (non-hydrogen) atoms. The Morgan fingerprint density at radius 3 is 2.54 bits per heavy atom. The highest BCUT2D eigenvalue weighted by molar-refractivity contribution is 8.10. The third-order valence-corrected chi connectivity index (χ3v) is 5.67. The van der Waals surface area contributed by atoms with E-state index in [1.807, 2.05) is 36.4 Å². The number of carboxylic acids is 1. The number of rotatable bonds is 8. The Morgan fingerprint density at radius 1 is 1.18 bits per heavy atom. The van der Waals surface area contributed by atoms with Gasteiger partial charge in [-0.25, -0.2) is 0 Å². The SMILES string of the molecule is CC/C=C/C=C(/SC(C)(C)C(=O)O)c1cc(-c2cccc(OC)c2)ccc1C. The van der Waals surface area contributed by atoms with Crippen LogP contribution in [0.2, 0.25) is 0 Å². The first-order valence-corrected chi connectivity index (χ1v) is 10.1. The molecular weight excluding hydrogens is 368 g/mol. The zero-order valence-corrected chi connectivity index (χ0v) is 18.0. The Morgan fingerprint density at radius 2 is 1.89 bits per heavy atom. The highest BCUT2D eigenvalue weighted by atomic mass is 32.2. The summed E-state index contributed by atoms with van der Waals surface area (Å²) in [6.07, 6.45) is 7.00. The van der Waals surface area contributed by atoms with Crippen LogP contribution in [0, 0.1) is 6.92 Å². The second-order valence-corrected chi connectivity index (χ2v) is 8.71. The van der Waals surface area contributed by atoms with E-state index in [0.717, 1.165) is 39.3 Å². The maximum atomic E-state index is 11.7. The van der Waals surface area contributed by atoms with Crippen molar-refractivity contribution >= 4 is 22.6 Å². The summed E-state index contributed by atoms with van der Waals surface area (Å²) in [5, 5.41) is 9.59. The van der Waals surface area contributed by atoms with Crippen molar-refractivity contribution in [2.24, 2.45) is 0 Å². The van der Waals surface area contributed by atoms with Gasteiger partial charge in [0.2, 0.25) is 0 Å². The van der Waals surface area contributed by atoms with Crippen LogP contribution in [0.1, 0.15) is 38.3 Å². The number of hydrogen-bond donors (Lipinski definition) is 1. The van der Waals surface area contributed by atoms with E-state index in [-0.39, 0.29) is 0 Å². The third kappa shape index (κ3) is 5.52. The van der Waals surface area contributed by atoms with Gasteiger partial charge in [0.15, 0.2) is 0 Å². The highest BCUT2D eigenvalue weighted by Gasteiger charge is 2.30. The maximum absolute atomic E-state index is 11.7. The molecule has 0 aromatic heterocycles. The lowest BCUT2D eigenvalue weighted by Gasteiger charge is -2.22. The fourth-order valence-corrected chi connectivity index (χ4v) is 3.77. The van der Waals surface area contributed by atoms with E-state index in [9.17, 15) is 9.90 Å². The number of hydrogen-bond acceptors (Lipinski definition) is 3. The number of methoxy groups -OCH3 is 1. The van der Waals surface area contributed by atoms with Crippen LogP contribution >= 0.6 is 11.8 Å². The Bertz CT molecular complexity index is 894. The average Bonchev–Trinajstić information content (AvgIpc) is 2.67. The molecule has 0 heterocycles. The lowest BCUT2D eigenvalue weighted by molar-refractivity contribution is -0.138. The highest BCUT2D eigenvalue weighted by Crippen LogP contribution is 2.40. The summed E-state index contributed by atoms with van der Waals surface area (Å²) in [4.78, 5) is 12.6. The Hall–Kier alpha value is -2.46. The summed E-state index contributed by atoms with van der Waals surface area (Å²) in [7, 11) is 1.66. The minimum absolute atomic E-state index is 0.808. The normalized spacial score (nSPS) is 12.4. The van der Waals surface area contributed by atoms with Crippen molar-refractivity contribution in [2.45, 2.75) is 38.9 Å². The summed E-state index contributed by atoms with van der Waals surface area (Å²) >= 11 is 1.37. The predicted octanol–water partition coefficient (Wildman–Crippen LogP) is 6.57. The van der Waals surface area contributed by atoms with Crippen molar-refractivity contribution in [3.63, 3.8) is 0 Å². The van der Waals surface area contributed by atoms with Crippen LogP contribution < -0.4 is 4.74 Å². The first-order chi connectivity index (χ1) is 13.3. The summed E-state index contributed by atoms with van der Waals surface area (Å²) in [5.41, 5.74) is 4.28. The predicted molar refractivity (Wildman–Crippen MR) is 120 cm³/mol. The number of aryl methyl sites for hydroxylation is 1. The lowest BCUT2D eigenvalue weighted by Crippen LogP contribution is -2.27. The van der Waals surface area contributed by atoms with E-state index in [4.69, 9.17) is 4.74 Å². The van der Waals surface area contributed by atoms with Gasteiger partial charge in [-0.05, 0) is 73.7 Å². The van der Waals surface area contributed by atoms with Crippen molar-refractivity contribution in [1.29, 1.82) is 0 Å². The van der Waals surface area contributed by atoms with Gasteiger partial charge in [-0.1, -0.05) is 43.3 Å². The fourth-order valence-electron chi connectivity index (χ4n) is 2.66. The summed E-state index contributed by atoms with van der Waals surface area (Å²) in [6, 6.07) is 14.2. The molecule has 0 fully saturated rings. The molecule has 0 radical (unpaired) electrons. The molecular formula is C24H28O3S. The number of aliphatic carboxylic acids is 1. The second kappa shape index (κ2) is 9.65. The Kier molecular flexibility index (Phi) is 7.53. The van der Waals surface area contributed by atoms with Gasteiger partial charge >= 0.3 is 5.97 Å². The van der Waals surface area contributed by atoms with E-state index < -0.39 is 10.7 Å². The molecule has 0 unspecified atom stereocenters. The molecule has 148 valence electrons. The average molecular weight is 397 g/mol. The molecule has 0 spiro atoms. The number of carbonyl (C=O) groups is 1. The van der Waals surface area contributed by atoms with Crippen LogP contribution in [0.15, 0.2) is 60.7 Å². The molecule has 0 aliphatic carbocycles. The van der Waals surface area contributed by atoms with Gasteiger partial charge in [0.05, 0.1) is 7.11 Å². The minimum Gasteiger partial charge on any atom is -0.497 e. The zero-order valence-electron chi connectivity index (χ0n) is 17.2. The van der Waals surface area contributed by atoms with Crippen LogP contribution in [-0.4, -0.2) is 22.9 Å². The molecule has 0 amide bonds. The summed E-state index contributed by atoms with van der Waals surface area (Å²) < 4.78 is 4.42. The zero-order chi connectivity index (χ0) is 20.7. The van der Waals surface area contributed by atoms with Gasteiger partial charge in [0, 0.05) is 4.91 Å². The molecule has 2 aromatic rings. The smallest absolute Gasteiger partial charge is 0.319 e. The molecule has 4 heteroatoms. The van der Waals surface area contributed by atoms with Crippen LogP contribution in [0.4, 0.5) is 0 Å². The topological polar surface area (TPSA) is 46.5 Å². The van der Waals surface area contributed by atoms with Crippen molar-refractivity contribution in [2.75, 3.05) is 7.11 Å². The van der Waals surface area contributed by atoms with Gasteiger partial charge < -0.3 is 9.84 Å². The monoisotopic (exact) mass is 396 g/mol. The van der Waals surface area contributed by atoms with Crippen LogP contribution in [0.3, 0.4) is 0 Å². The van der Waals surface area contributed by atoms with Gasteiger partial charge in [0.1, 0.15) is 10.5 Å². The number of ether oxygens (including phenoxy) is 1. The molecule has 2 aromatic carbocycles. The summed E-state index contributed by atoms with van der Waals surface area (Å²) in [6.45, 7) is 7.60. The molecule has 0 bridgehead atoms. The molecule has 0 saturated heterocycles. The number of carboxylic acid groups (broad SMARTS) is 1. The standard InChI is InChI=1S/C24H28O3S/c1-6-7-8-12-22(28-24(3,4)23(25)26)21-16-19(14-13-17(21)2)18-10-9-11-20(15-18)27-5/h7-16H,6H2,1-5H3,(H,25,26)/b8-7+,22-12+. The van der Waals surface area contributed by atoms with E-state index in [0.29, 0.717) is 0 Å². The number of benzene rings is 2. The van der Waals surface area contributed by atoms with E-state index in [1.54, 1.807) is 21.0 Å². The molecule has 0 atom stereocenters. The third-order valence-electron chi connectivity index (χ3n) is 4.41. The first-order valence-electron chi connectivity index (χ1n) is 9.33. The van der Waals surface area contributed by atoms with E-state index >= 15 is 0 Å². The fraction of sp³-hybridized carbons (Fsp3) is 0.292. The maximum Gasteiger partial charge on any atom is 0.319 e. The van der Waals surface area contributed by atoms with Crippen molar-refractivity contribution in [3.05, 3.63) is 71.8 Å². The van der Waals surface area contributed by atoms with E-state index in [1.165, 1.54) is 11.8 Å². The van der Waals surface area contributed by atoms with Crippen molar-refractivity contribution < 1.29 is 14.6 Å². The van der Waals surface area contributed by atoms with Crippen molar-refractivity contribution in [3.8, 4) is 16.9 Å². The number of thioether (sulfide) groups is 1. The molecule has 0 aliphatic heterocycles. The molecule has 2 rings (SSSR count). The van der Waals surface area contributed by atoms with Crippen molar-refractivity contribution in [1.82, 2.24) is 0 Å². The Balaban J connectivity index is 2.54. The Labute approximate surface area is 172 Å². The molecule has 0 aliphatic rings. The van der Waals surface area contributed by atoms with Crippen LogP contribution in [-0.2, 0) is 4.79 Å². The van der Waals surface area contributed by atoms with Gasteiger partial charge in [-0.2, -0.15) is 0 Å². The van der Waals surface area contributed by atoms with Gasteiger partial charge in [-0.15, -0.1) is 11.8 Å². The van der Waals surface area contributed by atoms with Crippen LogP contribution in [0.5, 0.6) is 5.75 Å². The molecule has 3 nitrogen and oxygen atoms in total. The number of allylic oxidation sites excluding steroid dienone is 3. The quantitative estimate of drug-likeness (QED) is 0.512. The molecule has 1 N–H and O–H groups in total. The van der Waals surface area contributed by atoms with Crippen LogP contribution in [0.25, 0.3) is 16.0 Å². The van der Waals surface area contributed by atoms with E-state index in [2.05, 4.69) is 38.1 Å². The largest absolute Gasteiger partial charge is 0.497 e. The second-order valence-electron chi connectivity index (χ2n) is 7.05. The molecule has 0 saturated carbocycles. The van der Waals surface area contributed by atoms with Gasteiger partial charge in [0.25, 0.3) is 0 Å². The first kappa shape index (κ1) is 21.8. The summed E-state index contributed by atoms with van der Waals surface area (Å²) in [5.74, 6) is -0.0212. The van der Waals surface area contributed by atoms with Gasteiger partial charge in [-0.3, -0.25) is 4.79 Å². The minimum atomic E-state index is -0.926. The lowest BCUT2D eigenvalue weighted by atomic mass is 9.99.